The molecule has 32 heavy (non-hydrogen) atoms. The van der Waals surface area contributed by atoms with Crippen LogP contribution in [0.15, 0.2) is 52.9 Å². The topological polar surface area (TPSA) is 86.5 Å². The van der Waals surface area contributed by atoms with Crippen molar-refractivity contribution >= 4 is 19.5 Å². The lowest BCUT2D eigenvalue weighted by Gasteiger charge is -2.03. The Balaban J connectivity index is 0.00000148. The predicted molar refractivity (Wildman–Crippen MR) is 123 cm³/mol. The zero-order valence-electron chi connectivity index (χ0n) is 19.0. The molecule has 0 aliphatic heterocycles. The molecule has 3 rings (SSSR count). The van der Waals surface area contributed by atoms with Crippen molar-refractivity contribution in [2.75, 3.05) is 7.11 Å². The molecule has 3 aromatic rings. The lowest BCUT2D eigenvalue weighted by Crippen LogP contribution is -2.01. The minimum atomic E-state index is -0.319. The van der Waals surface area contributed by atoms with Crippen LogP contribution in [0.25, 0.3) is 22.6 Å². The molecule has 172 valence electrons. The number of ether oxygens (including phenoxy) is 1. The van der Waals surface area contributed by atoms with Gasteiger partial charge in [-0.2, -0.15) is 0 Å². The molecule has 7 heteroatoms. The van der Waals surface area contributed by atoms with Gasteiger partial charge in [0.2, 0.25) is 0 Å². The number of nitrogens with zero attached hydrogens (tertiary/aromatic N) is 1. The summed E-state index contributed by atoms with van der Waals surface area (Å²) in [5.41, 5.74) is 3.55. The maximum Gasteiger partial charge on any atom is 0.306 e. The van der Waals surface area contributed by atoms with E-state index in [2.05, 4.69) is 16.6 Å². The minimum absolute atomic E-state index is 0.189. The molecule has 0 spiro atoms. The second-order valence-corrected chi connectivity index (χ2v) is 5.92. The van der Waals surface area contributed by atoms with Crippen LogP contribution in [-0.4, -0.2) is 31.6 Å². The molecule has 0 radical (unpaired) electrons. The Morgan fingerprint density at radius 3 is 2.00 bits per heavy atom. The summed E-state index contributed by atoms with van der Waals surface area (Å²) in [4.78, 5) is 32.0. The van der Waals surface area contributed by atoms with Gasteiger partial charge in [-0.05, 0) is 36.2 Å². The SMILES string of the molecule is C=O.C=O.CC.CCc1ccc(-c2nc(CCC(=O)OC)oc2-c2ccc(F)cc2)cc1. The zero-order valence-corrected chi connectivity index (χ0v) is 19.0. The molecule has 2 aromatic carbocycles. The Bertz CT molecular complexity index is 919. The van der Waals surface area contributed by atoms with E-state index in [4.69, 9.17) is 14.0 Å². The normalized spacial score (nSPS) is 9.16. The third-order valence-electron chi connectivity index (χ3n) is 4.18. The molecule has 0 atom stereocenters. The van der Waals surface area contributed by atoms with Crippen molar-refractivity contribution < 1.29 is 27.9 Å². The van der Waals surface area contributed by atoms with Gasteiger partial charge in [0.1, 0.15) is 25.1 Å². The average molecular weight is 444 g/mol. The molecule has 0 amide bonds. The second-order valence-electron chi connectivity index (χ2n) is 5.92. The smallest absolute Gasteiger partial charge is 0.306 e. The van der Waals surface area contributed by atoms with E-state index in [-0.39, 0.29) is 18.2 Å². The van der Waals surface area contributed by atoms with Crippen molar-refractivity contribution in [3.63, 3.8) is 0 Å². The molecule has 0 bridgehead atoms. The maximum atomic E-state index is 13.3. The number of carbonyl (C=O) groups excluding carboxylic acids is 3. The quantitative estimate of drug-likeness (QED) is 0.470. The molecule has 6 nitrogen and oxygen atoms in total. The Hall–Kier alpha value is -3.61. The second kappa shape index (κ2) is 16.1. The van der Waals surface area contributed by atoms with Crippen LogP contribution >= 0.6 is 0 Å². The number of halogens is 1. The van der Waals surface area contributed by atoms with Crippen molar-refractivity contribution in [2.45, 2.75) is 40.0 Å². The van der Waals surface area contributed by atoms with Gasteiger partial charge in [-0.1, -0.05) is 45.0 Å². The van der Waals surface area contributed by atoms with Gasteiger partial charge in [-0.3, -0.25) is 4.79 Å². The van der Waals surface area contributed by atoms with E-state index >= 15 is 0 Å². The van der Waals surface area contributed by atoms with E-state index in [0.717, 1.165) is 17.5 Å². The average Bonchev–Trinajstić information content (AvgIpc) is 3.31. The Morgan fingerprint density at radius 2 is 1.50 bits per heavy atom. The Labute approximate surface area is 188 Å². The number of methoxy groups -OCH3 is 1. The number of aromatic nitrogens is 1. The van der Waals surface area contributed by atoms with Crippen LogP contribution in [-0.2, 0) is 32.0 Å². The molecule has 0 aliphatic rings. The molecule has 0 aliphatic carbocycles. The highest BCUT2D eigenvalue weighted by molar-refractivity contribution is 5.77. The lowest BCUT2D eigenvalue weighted by atomic mass is 10.0. The standard InChI is InChI=1S/C21H20FNO3.C2H6.2CH2O/c1-3-14-4-6-15(7-5-14)20-21(16-8-10-17(22)11-9-16)26-18(23-20)12-13-19(24)25-2;3*1-2/h4-11H,3,12-13H2,1-2H3;1-2H3;2*1H2. The summed E-state index contributed by atoms with van der Waals surface area (Å²) in [5.74, 6) is 0.381. The third-order valence-corrected chi connectivity index (χ3v) is 4.18. The van der Waals surface area contributed by atoms with Gasteiger partial charge >= 0.3 is 5.97 Å². The highest BCUT2D eigenvalue weighted by atomic mass is 19.1. The number of oxazole rings is 1. The van der Waals surface area contributed by atoms with Gasteiger partial charge < -0.3 is 18.7 Å². The predicted octanol–water partition coefficient (Wildman–Crippen LogP) is 5.47. The first kappa shape index (κ1) is 28.4. The van der Waals surface area contributed by atoms with Crippen LogP contribution in [0.5, 0.6) is 0 Å². The van der Waals surface area contributed by atoms with E-state index in [0.29, 0.717) is 23.8 Å². The molecular formula is C25H30FNO5. The number of carbonyl (C=O) groups is 3. The van der Waals surface area contributed by atoms with Crippen LogP contribution in [0.2, 0.25) is 0 Å². The summed E-state index contributed by atoms with van der Waals surface area (Å²) in [6, 6.07) is 14.2. The van der Waals surface area contributed by atoms with Crippen molar-refractivity contribution in [2.24, 2.45) is 0 Å². The largest absolute Gasteiger partial charge is 0.469 e. The fourth-order valence-electron chi connectivity index (χ4n) is 2.67. The monoisotopic (exact) mass is 443 g/mol. The van der Waals surface area contributed by atoms with E-state index in [1.807, 2.05) is 51.7 Å². The van der Waals surface area contributed by atoms with Crippen molar-refractivity contribution in [1.29, 1.82) is 0 Å². The van der Waals surface area contributed by atoms with Gasteiger partial charge in [-0.15, -0.1) is 0 Å². The third kappa shape index (κ3) is 8.26. The first-order chi connectivity index (χ1) is 15.6. The van der Waals surface area contributed by atoms with Gasteiger partial charge in [0.15, 0.2) is 11.7 Å². The van der Waals surface area contributed by atoms with Gasteiger partial charge in [0.25, 0.3) is 0 Å². The molecule has 0 fully saturated rings. The Kier molecular flexibility index (Phi) is 14.3. The molecule has 0 N–H and O–H groups in total. The van der Waals surface area contributed by atoms with E-state index < -0.39 is 0 Å². The first-order valence-corrected chi connectivity index (χ1v) is 10.1. The number of benzene rings is 2. The van der Waals surface area contributed by atoms with Gasteiger partial charge in [0, 0.05) is 17.5 Å². The summed E-state index contributed by atoms with van der Waals surface area (Å²) < 4.78 is 23.8. The molecule has 1 heterocycles. The highest BCUT2D eigenvalue weighted by Crippen LogP contribution is 2.33. The summed E-state index contributed by atoms with van der Waals surface area (Å²) in [7, 11) is 1.35. The van der Waals surface area contributed by atoms with E-state index in [1.165, 1.54) is 24.8 Å². The molecule has 0 saturated carbocycles. The first-order valence-electron chi connectivity index (χ1n) is 10.1. The molecule has 0 saturated heterocycles. The van der Waals surface area contributed by atoms with Gasteiger partial charge in [-0.25, -0.2) is 9.37 Å². The number of aryl methyl sites for hydroxylation is 2. The summed E-state index contributed by atoms with van der Waals surface area (Å²) >= 11 is 0. The number of esters is 1. The fourth-order valence-corrected chi connectivity index (χ4v) is 2.67. The Morgan fingerprint density at radius 1 is 0.969 bits per heavy atom. The highest BCUT2D eigenvalue weighted by Gasteiger charge is 2.18. The fraction of sp³-hybridized carbons (Fsp3) is 0.280. The van der Waals surface area contributed by atoms with Crippen molar-refractivity contribution in [3.8, 4) is 22.6 Å². The molecule has 1 aromatic heterocycles. The minimum Gasteiger partial charge on any atom is -0.469 e. The van der Waals surface area contributed by atoms with Crippen LogP contribution in [0.3, 0.4) is 0 Å². The molecular weight excluding hydrogens is 413 g/mol. The van der Waals surface area contributed by atoms with Crippen molar-refractivity contribution in [1.82, 2.24) is 4.98 Å². The van der Waals surface area contributed by atoms with E-state index in [1.54, 1.807) is 12.1 Å². The number of rotatable bonds is 6. The molecule has 0 unspecified atom stereocenters. The van der Waals surface area contributed by atoms with Crippen molar-refractivity contribution in [3.05, 3.63) is 65.8 Å². The van der Waals surface area contributed by atoms with Crippen LogP contribution < -0.4 is 0 Å². The number of hydrogen-bond donors (Lipinski definition) is 0. The van der Waals surface area contributed by atoms with Crippen LogP contribution in [0.1, 0.15) is 38.6 Å². The summed E-state index contributed by atoms with van der Waals surface area (Å²) in [5, 5.41) is 0. The lowest BCUT2D eigenvalue weighted by molar-refractivity contribution is -0.140. The summed E-state index contributed by atoms with van der Waals surface area (Å²) in [6.07, 6.45) is 1.48. The zero-order chi connectivity index (χ0) is 24.5. The maximum absolute atomic E-state index is 13.3. The number of hydrogen-bond acceptors (Lipinski definition) is 6. The van der Waals surface area contributed by atoms with Crippen LogP contribution in [0, 0.1) is 5.82 Å². The van der Waals surface area contributed by atoms with Crippen LogP contribution in [0.4, 0.5) is 4.39 Å². The van der Waals surface area contributed by atoms with Gasteiger partial charge in [0.05, 0.1) is 13.5 Å². The van der Waals surface area contributed by atoms with E-state index in [9.17, 15) is 9.18 Å². The summed E-state index contributed by atoms with van der Waals surface area (Å²) in [6.45, 7) is 10.1.